The molecular weight excluding hydrogens is 316 g/mol. The number of rotatable bonds is 4. The van der Waals surface area contributed by atoms with Crippen LogP contribution in [0.25, 0.3) is 0 Å². The van der Waals surface area contributed by atoms with Crippen molar-refractivity contribution in [2.24, 2.45) is 0 Å². The Kier molecular flexibility index (Phi) is 4.79. The highest BCUT2D eigenvalue weighted by Crippen LogP contribution is 2.16. The summed E-state index contributed by atoms with van der Waals surface area (Å²) in [4.78, 5) is 12.1. The van der Waals surface area contributed by atoms with Crippen molar-refractivity contribution in [2.45, 2.75) is 13.3 Å². The molecule has 0 fully saturated rings. The molecule has 0 atom stereocenters. The molecule has 2 aromatic carbocycles. The lowest BCUT2D eigenvalue weighted by molar-refractivity contribution is 0.0953. The van der Waals surface area contributed by atoms with Crippen LogP contribution in [-0.4, -0.2) is 12.5 Å². The maximum atomic E-state index is 12.1. The number of carbonyl (C=O) groups is 1. The highest BCUT2D eigenvalue weighted by Gasteiger charge is 2.08. The summed E-state index contributed by atoms with van der Waals surface area (Å²) in [7, 11) is 0. The number of halogens is 1. The van der Waals surface area contributed by atoms with Crippen molar-refractivity contribution in [1.82, 2.24) is 5.32 Å². The van der Waals surface area contributed by atoms with E-state index in [1.807, 2.05) is 49.4 Å². The fourth-order valence-electron chi connectivity index (χ4n) is 1.94. The van der Waals surface area contributed by atoms with Gasteiger partial charge in [0.15, 0.2) is 0 Å². The third-order valence-corrected chi connectivity index (χ3v) is 3.62. The molecule has 0 aliphatic carbocycles. The number of nitrogens with two attached hydrogens (primary N) is 1. The van der Waals surface area contributed by atoms with Gasteiger partial charge >= 0.3 is 0 Å². The number of nitrogens with one attached hydrogen (secondary N) is 1. The molecule has 1 amide bonds. The molecule has 4 heteroatoms. The zero-order valence-corrected chi connectivity index (χ0v) is 12.9. The monoisotopic (exact) mass is 332 g/mol. The number of benzene rings is 2. The lowest BCUT2D eigenvalue weighted by atomic mass is 10.1. The van der Waals surface area contributed by atoms with Gasteiger partial charge in [-0.05, 0) is 48.7 Å². The van der Waals surface area contributed by atoms with Crippen molar-refractivity contribution >= 4 is 27.5 Å². The Labute approximate surface area is 127 Å². The van der Waals surface area contributed by atoms with Crippen LogP contribution in [0.15, 0.2) is 46.9 Å². The zero-order chi connectivity index (χ0) is 14.5. The Morgan fingerprint density at radius 2 is 1.90 bits per heavy atom. The molecule has 0 unspecified atom stereocenters. The molecule has 0 aliphatic heterocycles. The number of nitrogen functional groups attached to an aromatic ring is 1. The maximum absolute atomic E-state index is 12.1. The van der Waals surface area contributed by atoms with E-state index in [-0.39, 0.29) is 5.91 Å². The Balaban J connectivity index is 1.92. The van der Waals surface area contributed by atoms with Crippen LogP contribution < -0.4 is 11.1 Å². The minimum Gasteiger partial charge on any atom is -0.399 e. The van der Waals surface area contributed by atoms with Gasteiger partial charge in [0.05, 0.1) is 0 Å². The molecule has 0 radical (unpaired) electrons. The molecule has 3 N–H and O–H groups in total. The van der Waals surface area contributed by atoms with Gasteiger partial charge in [-0.2, -0.15) is 0 Å². The average Bonchev–Trinajstić information content (AvgIpc) is 2.43. The molecule has 0 saturated heterocycles. The minimum absolute atomic E-state index is 0.0424. The van der Waals surface area contributed by atoms with Gasteiger partial charge in [-0.3, -0.25) is 4.79 Å². The highest BCUT2D eigenvalue weighted by atomic mass is 79.9. The summed E-state index contributed by atoms with van der Waals surface area (Å²) in [5.74, 6) is -0.0424. The molecule has 0 aromatic heterocycles. The van der Waals surface area contributed by atoms with E-state index in [4.69, 9.17) is 5.73 Å². The Bertz CT molecular complexity index is 608. The average molecular weight is 333 g/mol. The molecule has 20 heavy (non-hydrogen) atoms. The second-order valence-corrected chi connectivity index (χ2v) is 5.62. The quantitative estimate of drug-likeness (QED) is 0.844. The molecule has 0 spiro atoms. The Morgan fingerprint density at radius 3 is 2.60 bits per heavy atom. The fraction of sp³-hybridized carbons (Fsp3) is 0.188. The van der Waals surface area contributed by atoms with Crippen molar-refractivity contribution in [3.63, 3.8) is 0 Å². The van der Waals surface area contributed by atoms with Gasteiger partial charge in [0.25, 0.3) is 5.91 Å². The predicted octanol–water partition coefficient (Wildman–Crippen LogP) is 3.31. The molecule has 2 rings (SSSR count). The summed E-state index contributed by atoms with van der Waals surface area (Å²) in [5, 5.41) is 2.94. The van der Waals surface area contributed by atoms with Crippen molar-refractivity contribution in [3.05, 3.63) is 63.6 Å². The highest BCUT2D eigenvalue weighted by molar-refractivity contribution is 9.10. The minimum atomic E-state index is -0.0424. The van der Waals surface area contributed by atoms with Gasteiger partial charge in [-0.1, -0.05) is 34.1 Å². The molecule has 0 aliphatic rings. The van der Waals surface area contributed by atoms with Crippen molar-refractivity contribution in [2.75, 3.05) is 12.3 Å². The van der Waals surface area contributed by atoms with Gasteiger partial charge in [-0.15, -0.1) is 0 Å². The SMILES string of the molecule is Cc1ccc(Br)cc1C(=O)NCCc1ccc(N)cc1. The topological polar surface area (TPSA) is 55.1 Å². The number of hydrogen-bond acceptors (Lipinski definition) is 2. The van der Waals surface area contributed by atoms with Crippen molar-refractivity contribution in [1.29, 1.82) is 0 Å². The lowest BCUT2D eigenvalue weighted by Gasteiger charge is -2.08. The second kappa shape index (κ2) is 6.57. The molecular formula is C16H17BrN2O. The predicted molar refractivity (Wildman–Crippen MR) is 85.8 cm³/mol. The van der Waals surface area contributed by atoms with Crippen molar-refractivity contribution in [3.8, 4) is 0 Å². The van der Waals surface area contributed by atoms with E-state index in [0.29, 0.717) is 12.1 Å². The Hall–Kier alpha value is -1.81. The van der Waals surface area contributed by atoms with E-state index in [1.165, 1.54) is 0 Å². The first-order valence-electron chi connectivity index (χ1n) is 6.45. The molecule has 104 valence electrons. The first-order valence-corrected chi connectivity index (χ1v) is 7.24. The number of amides is 1. The summed E-state index contributed by atoms with van der Waals surface area (Å²) in [6.45, 7) is 2.54. The number of hydrogen-bond donors (Lipinski definition) is 2. The molecule has 3 nitrogen and oxygen atoms in total. The van der Waals surface area contributed by atoms with Gasteiger partial charge < -0.3 is 11.1 Å². The van der Waals surface area contributed by atoms with Gasteiger partial charge in [-0.25, -0.2) is 0 Å². The van der Waals surface area contributed by atoms with E-state index in [9.17, 15) is 4.79 Å². The van der Waals surface area contributed by atoms with E-state index >= 15 is 0 Å². The summed E-state index contributed by atoms with van der Waals surface area (Å²) in [5.41, 5.74) is 9.22. The van der Waals surface area contributed by atoms with Crippen LogP contribution in [0.5, 0.6) is 0 Å². The first kappa shape index (κ1) is 14.6. The standard InChI is InChI=1S/C16H17BrN2O/c1-11-2-5-13(17)10-15(11)16(20)19-9-8-12-3-6-14(18)7-4-12/h2-7,10H,8-9,18H2,1H3,(H,19,20). The van der Waals surface area contributed by atoms with Gasteiger partial charge in [0.1, 0.15) is 0 Å². The summed E-state index contributed by atoms with van der Waals surface area (Å²) in [6, 6.07) is 13.4. The van der Waals surface area contributed by atoms with E-state index in [2.05, 4.69) is 21.2 Å². The lowest BCUT2D eigenvalue weighted by Crippen LogP contribution is -2.26. The number of anilines is 1. The fourth-order valence-corrected chi connectivity index (χ4v) is 2.30. The Morgan fingerprint density at radius 1 is 1.20 bits per heavy atom. The molecule has 0 saturated carbocycles. The van der Waals surface area contributed by atoms with E-state index < -0.39 is 0 Å². The number of aryl methyl sites for hydroxylation is 1. The molecule has 0 bridgehead atoms. The van der Waals surface area contributed by atoms with Gasteiger partial charge in [0.2, 0.25) is 0 Å². The summed E-state index contributed by atoms with van der Waals surface area (Å²) in [6.07, 6.45) is 0.791. The smallest absolute Gasteiger partial charge is 0.251 e. The van der Waals surface area contributed by atoms with Gasteiger partial charge in [0, 0.05) is 22.3 Å². The van der Waals surface area contributed by atoms with Crippen LogP contribution in [0.1, 0.15) is 21.5 Å². The third kappa shape index (κ3) is 3.84. The normalized spacial score (nSPS) is 10.3. The molecule has 0 heterocycles. The van der Waals surface area contributed by atoms with Crippen molar-refractivity contribution < 1.29 is 4.79 Å². The van der Waals surface area contributed by atoms with Crippen LogP contribution in [0.3, 0.4) is 0 Å². The van der Waals surface area contributed by atoms with Crippen LogP contribution in [0.2, 0.25) is 0 Å². The maximum Gasteiger partial charge on any atom is 0.251 e. The largest absolute Gasteiger partial charge is 0.399 e. The van der Waals surface area contributed by atoms with E-state index in [1.54, 1.807) is 0 Å². The van der Waals surface area contributed by atoms with E-state index in [0.717, 1.165) is 27.7 Å². The van der Waals surface area contributed by atoms with Crippen LogP contribution in [0.4, 0.5) is 5.69 Å². The third-order valence-electron chi connectivity index (χ3n) is 3.12. The zero-order valence-electron chi connectivity index (χ0n) is 11.3. The summed E-state index contributed by atoms with van der Waals surface area (Å²) < 4.78 is 0.909. The summed E-state index contributed by atoms with van der Waals surface area (Å²) >= 11 is 3.38. The van der Waals surface area contributed by atoms with Crippen LogP contribution >= 0.6 is 15.9 Å². The first-order chi connectivity index (χ1) is 9.56. The second-order valence-electron chi connectivity index (χ2n) is 4.71. The van der Waals surface area contributed by atoms with Crippen LogP contribution in [-0.2, 0) is 6.42 Å². The molecule has 2 aromatic rings. The number of carbonyl (C=O) groups excluding carboxylic acids is 1. The van der Waals surface area contributed by atoms with Crippen LogP contribution in [0, 0.1) is 6.92 Å².